The number of benzene rings is 1. The van der Waals surface area contributed by atoms with Gasteiger partial charge in [0.1, 0.15) is 5.69 Å². The normalized spacial score (nSPS) is 10.4. The first-order valence-electron chi connectivity index (χ1n) is 6.05. The lowest BCUT2D eigenvalue weighted by atomic mass is 10.0. The fraction of sp³-hybridized carbons (Fsp3) is 0.286. The average molecular weight is 293 g/mol. The standard InChI is InChI=1S/C14H15NO6/c1-18-7-8-4-11(19-2)12(20-3)5-9(8)10-6-13(14(16)17)21-15-10/h4-6H,7H2,1-3H3,(H,16,17). The molecule has 2 rings (SSSR count). The first kappa shape index (κ1) is 14.9. The maximum absolute atomic E-state index is 10.9. The molecule has 1 heterocycles. The van der Waals surface area contributed by atoms with E-state index in [-0.39, 0.29) is 5.76 Å². The Morgan fingerprint density at radius 1 is 1.19 bits per heavy atom. The van der Waals surface area contributed by atoms with Gasteiger partial charge in [-0.25, -0.2) is 4.79 Å². The molecule has 112 valence electrons. The smallest absolute Gasteiger partial charge is 0.374 e. The predicted molar refractivity (Wildman–Crippen MR) is 72.7 cm³/mol. The van der Waals surface area contributed by atoms with Gasteiger partial charge in [0.15, 0.2) is 11.5 Å². The summed E-state index contributed by atoms with van der Waals surface area (Å²) in [6.07, 6.45) is 0. The molecule has 1 aromatic carbocycles. The molecule has 2 aromatic rings. The van der Waals surface area contributed by atoms with E-state index in [4.69, 9.17) is 23.8 Å². The third-order valence-electron chi connectivity index (χ3n) is 2.91. The van der Waals surface area contributed by atoms with E-state index in [1.807, 2.05) is 0 Å². The minimum atomic E-state index is -1.18. The van der Waals surface area contributed by atoms with Crippen LogP contribution < -0.4 is 9.47 Å². The number of aromatic nitrogens is 1. The number of carboxylic acids is 1. The van der Waals surface area contributed by atoms with Crippen LogP contribution in [0, 0.1) is 0 Å². The van der Waals surface area contributed by atoms with Gasteiger partial charge >= 0.3 is 5.97 Å². The number of hydrogen-bond acceptors (Lipinski definition) is 6. The second-order valence-corrected chi connectivity index (χ2v) is 4.18. The van der Waals surface area contributed by atoms with Crippen molar-refractivity contribution in [2.45, 2.75) is 6.61 Å². The van der Waals surface area contributed by atoms with Gasteiger partial charge in [-0.3, -0.25) is 0 Å². The van der Waals surface area contributed by atoms with Crippen molar-refractivity contribution in [2.24, 2.45) is 0 Å². The lowest BCUT2D eigenvalue weighted by Crippen LogP contribution is -1.97. The molecule has 1 aromatic heterocycles. The van der Waals surface area contributed by atoms with E-state index in [1.165, 1.54) is 20.3 Å². The SMILES string of the molecule is COCc1cc(OC)c(OC)cc1-c1cc(C(=O)O)on1. The molecule has 0 aliphatic rings. The molecular weight excluding hydrogens is 278 g/mol. The van der Waals surface area contributed by atoms with Crippen LogP contribution in [0.3, 0.4) is 0 Å². The number of hydrogen-bond donors (Lipinski definition) is 1. The maximum atomic E-state index is 10.9. The van der Waals surface area contributed by atoms with E-state index in [1.54, 1.807) is 19.2 Å². The lowest BCUT2D eigenvalue weighted by molar-refractivity contribution is 0.0652. The Morgan fingerprint density at radius 3 is 2.38 bits per heavy atom. The van der Waals surface area contributed by atoms with Crippen LogP contribution in [0.2, 0.25) is 0 Å². The molecule has 0 fully saturated rings. The van der Waals surface area contributed by atoms with E-state index in [2.05, 4.69) is 5.16 Å². The Balaban J connectivity index is 2.55. The number of carboxylic acid groups (broad SMARTS) is 1. The minimum Gasteiger partial charge on any atom is -0.493 e. The summed E-state index contributed by atoms with van der Waals surface area (Å²) in [4.78, 5) is 10.9. The van der Waals surface area contributed by atoms with Gasteiger partial charge in [-0.15, -0.1) is 0 Å². The zero-order valence-electron chi connectivity index (χ0n) is 11.9. The summed E-state index contributed by atoms with van der Waals surface area (Å²) in [6, 6.07) is 4.81. The Morgan fingerprint density at radius 2 is 1.86 bits per heavy atom. The van der Waals surface area contributed by atoms with Crippen LogP contribution in [-0.4, -0.2) is 37.6 Å². The van der Waals surface area contributed by atoms with Crippen molar-refractivity contribution < 1.29 is 28.6 Å². The first-order valence-corrected chi connectivity index (χ1v) is 6.05. The summed E-state index contributed by atoms with van der Waals surface area (Å²) in [5, 5.41) is 12.7. The van der Waals surface area contributed by atoms with Crippen molar-refractivity contribution in [3.63, 3.8) is 0 Å². The third kappa shape index (κ3) is 2.97. The van der Waals surface area contributed by atoms with E-state index < -0.39 is 5.97 Å². The zero-order chi connectivity index (χ0) is 15.4. The van der Waals surface area contributed by atoms with Gasteiger partial charge in [0.05, 0.1) is 20.8 Å². The van der Waals surface area contributed by atoms with Crippen molar-refractivity contribution in [1.82, 2.24) is 5.16 Å². The summed E-state index contributed by atoms with van der Waals surface area (Å²) >= 11 is 0. The molecule has 0 saturated carbocycles. The Bertz CT molecular complexity index is 649. The number of nitrogens with zero attached hydrogens (tertiary/aromatic N) is 1. The van der Waals surface area contributed by atoms with Gasteiger partial charge in [-0.1, -0.05) is 5.16 Å². The van der Waals surface area contributed by atoms with E-state index in [9.17, 15) is 4.79 Å². The Kier molecular flexibility index (Phi) is 4.44. The van der Waals surface area contributed by atoms with E-state index in [0.29, 0.717) is 29.4 Å². The number of aromatic carboxylic acids is 1. The molecule has 0 unspecified atom stereocenters. The topological polar surface area (TPSA) is 91.0 Å². The highest BCUT2D eigenvalue weighted by atomic mass is 16.5. The van der Waals surface area contributed by atoms with Gasteiger partial charge in [0.25, 0.3) is 0 Å². The summed E-state index contributed by atoms with van der Waals surface area (Å²) in [5.41, 5.74) is 1.83. The van der Waals surface area contributed by atoms with Crippen LogP contribution in [-0.2, 0) is 11.3 Å². The monoisotopic (exact) mass is 293 g/mol. The molecule has 0 atom stereocenters. The zero-order valence-corrected chi connectivity index (χ0v) is 11.9. The molecule has 0 radical (unpaired) electrons. The predicted octanol–water partition coefficient (Wildman–Crippen LogP) is 2.20. The molecular formula is C14H15NO6. The van der Waals surface area contributed by atoms with E-state index in [0.717, 1.165) is 5.56 Å². The first-order chi connectivity index (χ1) is 10.1. The molecule has 0 aliphatic heterocycles. The van der Waals surface area contributed by atoms with Crippen LogP contribution in [0.5, 0.6) is 11.5 Å². The average Bonchev–Trinajstić information content (AvgIpc) is 2.97. The highest BCUT2D eigenvalue weighted by molar-refractivity contribution is 5.86. The molecule has 0 aliphatic carbocycles. The fourth-order valence-electron chi connectivity index (χ4n) is 1.94. The summed E-state index contributed by atoms with van der Waals surface area (Å²) in [6.45, 7) is 0.310. The van der Waals surface area contributed by atoms with Gasteiger partial charge < -0.3 is 23.8 Å². The highest BCUT2D eigenvalue weighted by Crippen LogP contribution is 2.35. The van der Waals surface area contributed by atoms with Gasteiger partial charge in [0.2, 0.25) is 5.76 Å². The number of ether oxygens (including phenoxy) is 3. The lowest BCUT2D eigenvalue weighted by Gasteiger charge is -2.13. The van der Waals surface area contributed by atoms with Crippen molar-refractivity contribution >= 4 is 5.97 Å². The second kappa shape index (κ2) is 6.27. The summed E-state index contributed by atoms with van der Waals surface area (Å²) in [5.74, 6) is -0.354. The van der Waals surface area contributed by atoms with Crippen LogP contribution in [0.1, 0.15) is 16.1 Å². The quantitative estimate of drug-likeness (QED) is 0.872. The van der Waals surface area contributed by atoms with Crippen molar-refractivity contribution in [3.8, 4) is 22.8 Å². The highest BCUT2D eigenvalue weighted by Gasteiger charge is 2.18. The van der Waals surface area contributed by atoms with Crippen LogP contribution >= 0.6 is 0 Å². The van der Waals surface area contributed by atoms with Crippen molar-refractivity contribution in [1.29, 1.82) is 0 Å². The number of rotatable bonds is 6. The van der Waals surface area contributed by atoms with Gasteiger partial charge in [-0.2, -0.15) is 0 Å². The molecule has 0 amide bonds. The van der Waals surface area contributed by atoms with Crippen LogP contribution in [0.4, 0.5) is 0 Å². The second-order valence-electron chi connectivity index (χ2n) is 4.18. The summed E-state index contributed by atoms with van der Waals surface area (Å²) < 4.78 is 20.4. The molecule has 7 nitrogen and oxygen atoms in total. The molecule has 0 saturated heterocycles. The Hall–Kier alpha value is -2.54. The maximum Gasteiger partial charge on any atom is 0.374 e. The van der Waals surface area contributed by atoms with E-state index >= 15 is 0 Å². The van der Waals surface area contributed by atoms with Crippen LogP contribution in [0.15, 0.2) is 22.7 Å². The summed E-state index contributed by atoms with van der Waals surface area (Å²) in [7, 11) is 4.61. The molecule has 7 heteroatoms. The van der Waals surface area contributed by atoms with Gasteiger partial charge in [-0.05, 0) is 17.7 Å². The van der Waals surface area contributed by atoms with Crippen molar-refractivity contribution in [2.75, 3.05) is 21.3 Å². The van der Waals surface area contributed by atoms with Crippen molar-refractivity contribution in [3.05, 3.63) is 29.5 Å². The number of methoxy groups -OCH3 is 3. The number of carbonyl (C=O) groups is 1. The largest absolute Gasteiger partial charge is 0.493 e. The van der Waals surface area contributed by atoms with Gasteiger partial charge in [0, 0.05) is 18.7 Å². The molecule has 21 heavy (non-hydrogen) atoms. The molecule has 0 spiro atoms. The third-order valence-corrected chi connectivity index (χ3v) is 2.91. The fourth-order valence-corrected chi connectivity index (χ4v) is 1.94. The molecule has 0 bridgehead atoms. The minimum absolute atomic E-state index is 0.233. The molecule has 1 N–H and O–H groups in total. The Labute approximate surface area is 121 Å². The van der Waals surface area contributed by atoms with Crippen LogP contribution in [0.25, 0.3) is 11.3 Å².